The highest BCUT2D eigenvalue weighted by atomic mass is 16.6. The van der Waals surface area contributed by atoms with E-state index >= 15 is 0 Å². The Balaban J connectivity index is 1.48. The number of para-hydroxylation sites is 3. The summed E-state index contributed by atoms with van der Waals surface area (Å²) in [5.41, 5.74) is 0. The third-order valence-electron chi connectivity index (χ3n) is 5.28. The first-order valence-electron chi connectivity index (χ1n) is 12.6. The summed E-state index contributed by atoms with van der Waals surface area (Å²) < 4.78 is 21.0. The lowest BCUT2D eigenvalue weighted by Crippen LogP contribution is -2.45. The molecule has 0 radical (unpaired) electrons. The topological polar surface area (TPSA) is 141 Å². The Hall–Kier alpha value is -4.90. The number of ether oxygens (including phenoxy) is 4. The number of hydrogen-bond acceptors (Lipinski definition) is 8. The van der Waals surface area contributed by atoms with Crippen LogP contribution >= 0.6 is 0 Å². The number of rotatable bonds is 13. The van der Waals surface area contributed by atoms with Crippen molar-refractivity contribution >= 4 is 24.1 Å². The van der Waals surface area contributed by atoms with Gasteiger partial charge in [-0.2, -0.15) is 0 Å². The standard InChI is InChI=1S/C29H31N3O8/c1-21(31-28(35)39-23-14-7-3-8-15-23)37-20-26(33)25(32-29(36)40-24-16-9-4-10-17-24)18-11-19-30-27(34)38-22-12-5-2-6-13-22/h2-10,12-17,21,25H,11,18-20H2,1H3,(H,30,34)(H,31,35)(H,32,36). The first-order chi connectivity index (χ1) is 19.4. The predicted octanol–water partition coefficient (Wildman–Crippen LogP) is 4.43. The van der Waals surface area contributed by atoms with Crippen molar-refractivity contribution in [1.82, 2.24) is 16.0 Å². The van der Waals surface area contributed by atoms with E-state index in [-0.39, 0.29) is 13.0 Å². The summed E-state index contributed by atoms with van der Waals surface area (Å²) >= 11 is 0. The molecule has 210 valence electrons. The fourth-order valence-corrected chi connectivity index (χ4v) is 3.35. The molecule has 0 aromatic heterocycles. The molecule has 3 N–H and O–H groups in total. The maximum absolute atomic E-state index is 12.9. The van der Waals surface area contributed by atoms with Crippen LogP contribution in [-0.2, 0) is 9.53 Å². The van der Waals surface area contributed by atoms with Gasteiger partial charge in [-0.3, -0.25) is 10.1 Å². The third kappa shape index (κ3) is 11.2. The van der Waals surface area contributed by atoms with Crippen LogP contribution in [-0.4, -0.2) is 49.5 Å². The Kier molecular flexibility index (Phi) is 12.0. The molecule has 40 heavy (non-hydrogen) atoms. The fourth-order valence-electron chi connectivity index (χ4n) is 3.35. The normalized spacial score (nSPS) is 11.8. The van der Waals surface area contributed by atoms with Gasteiger partial charge in [0.05, 0.1) is 6.04 Å². The first-order valence-corrected chi connectivity index (χ1v) is 12.6. The number of carbonyl (C=O) groups excluding carboxylic acids is 4. The summed E-state index contributed by atoms with van der Waals surface area (Å²) in [7, 11) is 0. The van der Waals surface area contributed by atoms with Gasteiger partial charge in [-0.1, -0.05) is 54.6 Å². The number of Topliss-reactive ketones (excluding diaryl/α,β-unsaturated/α-hetero) is 1. The number of hydrogen-bond donors (Lipinski definition) is 3. The van der Waals surface area contributed by atoms with Gasteiger partial charge < -0.3 is 29.6 Å². The van der Waals surface area contributed by atoms with Gasteiger partial charge in [0.25, 0.3) is 0 Å². The number of nitrogens with one attached hydrogen (secondary N) is 3. The van der Waals surface area contributed by atoms with Crippen LogP contribution in [0.2, 0.25) is 0 Å². The van der Waals surface area contributed by atoms with Gasteiger partial charge in [-0.15, -0.1) is 0 Å². The zero-order valence-corrected chi connectivity index (χ0v) is 21.9. The number of benzene rings is 3. The molecule has 2 atom stereocenters. The average Bonchev–Trinajstić information content (AvgIpc) is 2.95. The van der Waals surface area contributed by atoms with Crippen molar-refractivity contribution in [3.05, 3.63) is 91.0 Å². The molecule has 11 heteroatoms. The molecule has 3 aromatic rings. The van der Waals surface area contributed by atoms with Gasteiger partial charge in [-0.05, 0) is 56.2 Å². The summed E-state index contributed by atoms with van der Waals surface area (Å²) in [5, 5.41) is 7.62. The van der Waals surface area contributed by atoms with E-state index in [4.69, 9.17) is 18.9 Å². The molecule has 0 aliphatic carbocycles. The summed E-state index contributed by atoms with van der Waals surface area (Å²) in [6.45, 7) is 1.31. The van der Waals surface area contributed by atoms with Crippen LogP contribution in [0.3, 0.4) is 0 Å². The summed E-state index contributed by atoms with van der Waals surface area (Å²) in [5.74, 6) is 0.598. The number of ketones is 1. The maximum Gasteiger partial charge on any atom is 0.414 e. The second-order valence-electron chi connectivity index (χ2n) is 8.44. The zero-order chi connectivity index (χ0) is 28.6. The van der Waals surface area contributed by atoms with E-state index in [1.54, 1.807) is 91.0 Å². The lowest BCUT2D eigenvalue weighted by molar-refractivity contribution is -0.127. The molecule has 0 aliphatic heterocycles. The maximum atomic E-state index is 12.9. The van der Waals surface area contributed by atoms with Crippen LogP contribution < -0.4 is 30.2 Å². The molecule has 3 rings (SSSR count). The van der Waals surface area contributed by atoms with Gasteiger partial charge in [0.2, 0.25) is 0 Å². The smallest absolute Gasteiger partial charge is 0.410 e. The molecule has 0 bridgehead atoms. The molecule has 0 fully saturated rings. The summed E-state index contributed by atoms with van der Waals surface area (Å²) in [6, 6.07) is 24.4. The predicted molar refractivity (Wildman–Crippen MR) is 145 cm³/mol. The summed E-state index contributed by atoms with van der Waals surface area (Å²) in [4.78, 5) is 49.4. The molecule has 2 unspecified atom stereocenters. The molecule has 0 aliphatic rings. The molecule has 3 amide bonds. The van der Waals surface area contributed by atoms with Gasteiger partial charge in [0.15, 0.2) is 5.78 Å². The van der Waals surface area contributed by atoms with Crippen LogP contribution in [0, 0.1) is 0 Å². The zero-order valence-electron chi connectivity index (χ0n) is 21.9. The molecule has 11 nitrogen and oxygen atoms in total. The highest BCUT2D eigenvalue weighted by Crippen LogP contribution is 2.11. The lowest BCUT2D eigenvalue weighted by Gasteiger charge is -2.19. The Bertz CT molecular complexity index is 1230. The van der Waals surface area contributed by atoms with Crippen molar-refractivity contribution in [3.63, 3.8) is 0 Å². The first kappa shape index (κ1) is 29.7. The highest BCUT2D eigenvalue weighted by Gasteiger charge is 2.23. The lowest BCUT2D eigenvalue weighted by atomic mass is 10.1. The van der Waals surface area contributed by atoms with Crippen molar-refractivity contribution < 1.29 is 38.1 Å². The van der Waals surface area contributed by atoms with E-state index in [2.05, 4.69) is 16.0 Å². The van der Waals surface area contributed by atoms with Crippen molar-refractivity contribution in [3.8, 4) is 17.2 Å². The van der Waals surface area contributed by atoms with E-state index in [1.807, 2.05) is 0 Å². The molecule has 0 spiro atoms. The average molecular weight is 550 g/mol. The molecular formula is C29H31N3O8. The van der Waals surface area contributed by atoms with Crippen molar-refractivity contribution in [2.24, 2.45) is 0 Å². The molecule has 3 aromatic carbocycles. The van der Waals surface area contributed by atoms with Crippen molar-refractivity contribution in [1.29, 1.82) is 0 Å². The van der Waals surface area contributed by atoms with E-state index < -0.39 is 42.9 Å². The monoisotopic (exact) mass is 549 g/mol. The van der Waals surface area contributed by atoms with Crippen LogP contribution in [0.25, 0.3) is 0 Å². The van der Waals surface area contributed by atoms with Gasteiger partial charge in [-0.25, -0.2) is 14.4 Å². The Morgan fingerprint density at radius 3 is 1.60 bits per heavy atom. The van der Waals surface area contributed by atoms with Crippen LogP contribution in [0.1, 0.15) is 19.8 Å². The fraction of sp³-hybridized carbons (Fsp3) is 0.241. The Morgan fingerprint density at radius 2 is 1.10 bits per heavy atom. The van der Waals surface area contributed by atoms with Crippen LogP contribution in [0.4, 0.5) is 14.4 Å². The Labute approximate surface area is 231 Å². The molecule has 0 heterocycles. The number of carbonyl (C=O) groups is 4. The minimum Gasteiger partial charge on any atom is -0.410 e. The van der Waals surface area contributed by atoms with E-state index in [0.717, 1.165) is 0 Å². The highest BCUT2D eigenvalue weighted by molar-refractivity contribution is 5.88. The SMILES string of the molecule is CC(NC(=O)Oc1ccccc1)OCC(=O)C(CCCNC(=O)Oc1ccccc1)NC(=O)Oc1ccccc1. The van der Waals surface area contributed by atoms with E-state index in [0.29, 0.717) is 23.7 Å². The van der Waals surface area contributed by atoms with Gasteiger partial charge in [0.1, 0.15) is 30.1 Å². The summed E-state index contributed by atoms with van der Waals surface area (Å²) in [6.07, 6.45) is -2.56. The minimum atomic E-state index is -0.980. The van der Waals surface area contributed by atoms with E-state index in [9.17, 15) is 19.2 Å². The van der Waals surface area contributed by atoms with E-state index in [1.165, 1.54) is 6.92 Å². The second-order valence-corrected chi connectivity index (χ2v) is 8.44. The third-order valence-corrected chi connectivity index (χ3v) is 5.28. The molecular weight excluding hydrogens is 518 g/mol. The number of amides is 3. The van der Waals surface area contributed by atoms with Crippen molar-refractivity contribution in [2.45, 2.75) is 32.0 Å². The molecule has 0 saturated carbocycles. The largest absolute Gasteiger partial charge is 0.414 e. The van der Waals surface area contributed by atoms with Crippen molar-refractivity contribution in [2.75, 3.05) is 13.2 Å². The second kappa shape index (κ2) is 16.1. The van der Waals surface area contributed by atoms with Gasteiger partial charge >= 0.3 is 18.3 Å². The Morgan fingerprint density at radius 1 is 0.650 bits per heavy atom. The minimum absolute atomic E-state index is 0.176. The van der Waals surface area contributed by atoms with Crippen LogP contribution in [0.5, 0.6) is 17.2 Å². The van der Waals surface area contributed by atoms with Gasteiger partial charge in [0, 0.05) is 6.54 Å². The quantitative estimate of drug-likeness (QED) is 0.210. The van der Waals surface area contributed by atoms with Crippen LogP contribution in [0.15, 0.2) is 91.0 Å². The molecule has 0 saturated heterocycles.